The molecule has 13 nitrogen and oxygen atoms in total. The smallest absolute Gasteiger partial charge is 1.00 e. The van der Waals surface area contributed by atoms with E-state index in [1.165, 1.54) is 0 Å². The molecule has 0 bridgehead atoms. The van der Waals surface area contributed by atoms with Gasteiger partial charge in [-0.2, -0.15) is 0 Å². The van der Waals surface area contributed by atoms with Gasteiger partial charge in [0.15, 0.2) is 0 Å². The average Bonchev–Trinajstić information content (AvgIpc) is 3.36. The second-order valence-corrected chi connectivity index (χ2v) is 10.5. The van der Waals surface area contributed by atoms with Gasteiger partial charge < -0.3 is 32.7 Å². The summed E-state index contributed by atoms with van der Waals surface area (Å²) in [5, 5.41) is 18.7. The van der Waals surface area contributed by atoms with E-state index in [0.717, 1.165) is 21.6 Å². The third-order valence-electron chi connectivity index (χ3n) is 6.15. The Morgan fingerprint density at radius 3 is 2.47 bits per heavy atom. The van der Waals surface area contributed by atoms with Crippen LogP contribution in [0.1, 0.15) is 26.9 Å². The van der Waals surface area contributed by atoms with Crippen molar-refractivity contribution < 1.29 is 64.9 Å². The number of nitrogens with zero attached hydrogens (tertiary/aromatic N) is 2. The zero-order valence-corrected chi connectivity index (χ0v) is 22.6. The molecular formula is C21H25N6NaO7S. The second-order valence-electron chi connectivity index (χ2n) is 8.76. The summed E-state index contributed by atoms with van der Waals surface area (Å²) in [6, 6.07) is 4.25. The number of β-lactam (4-membered cyclic amide) rings is 1. The Bertz CT molecular complexity index is 1110. The fourth-order valence-corrected chi connectivity index (χ4v) is 6.17. The van der Waals surface area contributed by atoms with Gasteiger partial charge in [-0.1, -0.05) is 30.3 Å². The van der Waals surface area contributed by atoms with Gasteiger partial charge in [0.25, 0.3) is 5.91 Å². The van der Waals surface area contributed by atoms with Crippen LogP contribution in [0.3, 0.4) is 0 Å². The molecule has 0 aliphatic carbocycles. The maximum atomic E-state index is 13.5. The van der Waals surface area contributed by atoms with Gasteiger partial charge in [0, 0.05) is 17.8 Å². The van der Waals surface area contributed by atoms with Gasteiger partial charge in [0.1, 0.15) is 17.5 Å². The standard InChI is InChI=1S/C21H24N6O7S.Na.H/c1-20(2)13(15(30)31)27-16(32)21(23-10-28,17(27)35-20)25-14(29)12(11-6-4-3-5-7-11)24-19(34)26-9-8-22-18(26)33;;/h3-7,10,12-13,17H,8-9H2,1-2H3,(H,22,33)(H,23,28)(H,24,34)(H,25,29)(H,30,31);;/q;+1;-1/t12?,13-,17+,21+;;/m0../s1. The minimum Gasteiger partial charge on any atom is -1.00 e. The van der Waals surface area contributed by atoms with Gasteiger partial charge in [0.2, 0.25) is 18.0 Å². The van der Waals surface area contributed by atoms with Crippen LogP contribution in [0.5, 0.6) is 0 Å². The number of imide groups is 1. The number of amides is 7. The van der Waals surface area contributed by atoms with Crippen LogP contribution >= 0.6 is 11.8 Å². The third kappa shape index (κ3) is 4.53. The monoisotopic (exact) mass is 528 g/mol. The first-order chi connectivity index (χ1) is 16.5. The van der Waals surface area contributed by atoms with Crippen molar-refractivity contribution in [1.29, 1.82) is 0 Å². The number of thioether (sulfide) groups is 1. The maximum absolute atomic E-state index is 13.5. The number of carbonyl (C=O) groups excluding carboxylic acids is 5. The van der Waals surface area contributed by atoms with E-state index >= 15 is 0 Å². The van der Waals surface area contributed by atoms with Crippen LogP contribution in [0.4, 0.5) is 9.59 Å². The topological polar surface area (TPSA) is 177 Å². The van der Waals surface area contributed by atoms with E-state index in [9.17, 15) is 33.9 Å². The van der Waals surface area contributed by atoms with E-state index in [0.29, 0.717) is 5.56 Å². The summed E-state index contributed by atoms with van der Waals surface area (Å²) >= 11 is 1.13. The van der Waals surface area contributed by atoms with E-state index in [4.69, 9.17) is 0 Å². The van der Waals surface area contributed by atoms with E-state index in [1.807, 2.05) is 0 Å². The summed E-state index contributed by atoms with van der Waals surface area (Å²) in [4.78, 5) is 76.6. The van der Waals surface area contributed by atoms with Crippen LogP contribution in [0, 0.1) is 0 Å². The summed E-state index contributed by atoms with van der Waals surface area (Å²) in [6.45, 7) is 3.69. The second kappa shape index (κ2) is 10.3. The van der Waals surface area contributed by atoms with Gasteiger partial charge in [-0.15, -0.1) is 11.8 Å². The van der Waals surface area contributed by atoms with Crippen molar-refractivity contribution in [2.24, 2.45) is 0 Å². The molecule has 1 aromatic carbocycles. The fourth-order valence-electron chi connectivity index (χ4n) is 4.52. The van der Waals surface area contributed by atoms with Gasteiger partial charge in [-0.3, -0.25) is 14.4 Å². The van der Waals surface area contributed by atoms with Crippen LogP contribution in [0.15, 0.2) is 30.3 Å². The van der Waals surface area contributed by atoms with Crippen LogP contribution in [0.25, 0.3) is 0 Å². The number of urea groups is 2. The molecule has 3 aliphatic rings. The number of benzene rings is 1. The molecule has 0 saturated carbocycles. The molecule has 3 fully saturated rings. The first-order valence-corrected chi connectivity index (χ1v) is 11.6. The Morgan fingerprint density at radius 2 is 1.92 bits per heavy atom. The van der Waals surface area contributed by atoms with Crippen molar-refractivity contribution in [3.05, 3.63) is 35.9 Å². The molecule has 3 heterocycles. The largest absolute Gasteiger partial charge is 1.00 e. The summed E-state index contributed by atoms with van der Waals surface area (Å²) in [5.74, 6) is -2.82. The SMILES string of the molecule is CC1(C)S[C@H]2N(C(=O)[C@@]2(NC=O)NC(=O)C(NC(=O)N2CCNC2=O)c2ccccc2)[C@H]1C(=O)O.[H-].[Na+]. The minimum absolute atomic E-state index is 0. The molecule has 5 N–H and O–H groups in total. The fraction of sp³-hybridized carbons (Fsp3) is 0.429. The molecule has 0 spiro atoms. The molecule has 4 atom stereocenters. The Balaban J connectivity index is 0.00000241. The first kappa shape index (κ1) is 27.8. The molecule has 15 heteroatoms. The van der Waals surface area contributed by atoms with Gasteiger partial charge in [-0.25, -0.2) is 19.3 Å². The van der Waals surface area contributed by atoms with E-state index in [1.54, 1.807) is 44.2 Å². The quantitative estimate of drug-likeness (QED) is 0.104. The van der Waals surface area contributed by atoms with Gasteiger partial charge in [-0.05, 0) is 19.4 Å². The Morgan fingerprint density at radius 1 is 1.25 bits per heavy atom. The predicted octanol–water partition coefficient (Wildman–Crippen LogP) is -3.72. The van der Waals surface area contributed by atoms with Gasteiger partial charge in [0.05, 0.1) is 0 Å². The number of nitrogens with one attached hydrogen (secondary N) is 4. The van der Waals surface area contributed by atoms with E-state index < -0.39 is 57.7 Å². The molecule has 1 aromatic rings. The van der Waals surface area contributed by atoms with Crippen molar-refractivity contribution in [1.82, 2.24) is 31.1 Å². The number of carboxylic acid groups (broad SMARTS) is 1. The van der Waals surface area contributed by atoms with E-state index in [2.05, 4.69) is 21.3 Å². The van der Waals surface area contributed by atoms with Crippen LogP contribution in [-0.4, -0.2) is 86.1 Å². The van der Waals surface area contributed by atoms with Crippen molar-refractivity contribution in [2.45, 2.75) is 41.7 Å². The van der Waals surface area contributed by atoms with Crippen LogP contribution in [0.2, 0.25) is 0 Å². The molecule has 188 valence electrons. The Hall–Kier alpha value is -2.81. The third-order valence-corrected chi connectivity index (χ3v) is 7.79. The van der Waals surface area contributed by atoms with Crippen molar-refractivity contribution in [3.63, 3.8) is 0 Å². The Kier molecular flexibility index (Phi) is 7.93. The molecule has 1 unspecified atom stereocenters. The predicted molar refractivity (Wildman–Crippen MR) is 123 cm³/mol. The summed E-state index contributed by atoms with van der Waals surface area (Å²) in [6.07, 6.45) is 0.252. The zero-order valence-electron chi connectivity index (χ0n) is 20.8. The molecule has 7 amide bonds. The van der Waals surface area contributed by atoms with Crippen molar-refractivity contribution >= 4 is 48.0 Å². The number of hydrogen-bond donors (Lipinski definition) is 5. The minimum atomic E-state index is -1.91. The van der Waals surface area contributed by atoms with Crippen LogP contribution < -0.4 is 50.8 Å². The number of carbonyl (C=O) groups is 6. The molecular weight excluding hydrogens is 503 g/mol. The van der Waals surface area contributed by atoms with Crippen molar-refractivity contribution in [3.8, 4) is 0 Å². The molecule has 4 rings (SSSR count). The number of aliphatic carboxylic acids is 1. The number of carboxylic acids is 1. The molecule has 0 aromatic heterocycles. The zero-order chi connectivity index (χ0) is 25.5. The molecule has 3 aliphatic heterocycles. The normalized spacial score (nSPS) is 26.5. The molecule has 3 saturated heterocycles. The van der Waals surface area contributed by atoms with Crippen LogP contribution in [-0.2, 0) is 19.2 Å². The summed E-state index contributed by atoms with van der Waals surface area (Å²) in [7, 11) is 0. The summed E-state index contributed by atoms with van der Waals surface area (Å²) in [5.41, 5.74) is -1.54. The van der Waals surface area contributed by atoms with Gasteiger partial charge >= 0.3 is 47.6 Å². The average molecular weight is 529 g/mol. The summed E-state index contributed by atoms with van der Waals surface area (Å²) < 4.78 is -0.903. The number of hydrogen-bond acceptors (Lipinski definition) is 7. The maximum Gasteiger partial charge on any atom is 1.00 e. The number of fused-ring (bicyclic) bond motifs is 1. The first-order valence-electron chi connectivity index (χ1n) is 10.7. The Labute approximate surface area is 233 Å². The van der Waals surface area contributed by atoms with E-state index in [-0.39, 0.29) is 50.5 Å². The molecule has 36 heavy (non-hydrogen) atoms. The van der Waals surface area contributed by atoms with Crippen molar-refractivity contribution in [2.75, 3.05) is 13.1 Å². The number of rotatable bonds is 7. The molecule has 0 radical (unpaired) electrons.